The van der Waals surface area contributed by atoms with E-state index in [0.29, 0.717) is 35.7 Å². The highest BCUT2D eigenvalue weighted by atomic mass is 35.5. The van der Waals surface area contributed by atoms with Crippen molar-refractivity contribution >= 4 is 23.2 Å². The molecule has 2 N–H and O–H groups in total. The van der Waals surface area contributed by atoms with Crippen LogP contribution in [0.5, 0.6) is 5.75 Å². The Bertz CT molecular complexity index is 630. The quantitative estimate of drug-likeness (QED) is 0.800. The van der Waals surface area contributed by atoms with Crippen LogP contribution in [0.15, 0.2) is 30.3 Å². The maximum absolute atomic E-state index is 13.0. The molecule has 2 aromatic carbocycles. The Kier molecular flexibility index (Phi) is 5.39. The molecule has 0 aliphatic heterocycles. The monoisotopic (exact) mass is 331 g/mol. The summed E-state index contributed by atoms with van der Waals surface area (Å²) in [5.74, 6) is -1.21. The van der Waals surface area contributed by atoms with E-state index in [1.807, 2.05) is 0 Å². The van der Waals surface area contributed by atoms with E-state index in [0.717, 1.165) is 6.07 Å². The zero-order valence-corrected chi connectivity index (χ0v) is 12.5. The molecule has 21 heavy (non-hydrogen) atoms. The van der Waals surface area contributed by atoms with E-state index in [1.165, 1.54) is 18.2 Å². The van der Waals surface area contributed by atoms with Crippen LogP contribution in [-0.4, -0.2) is 11.7 Å². The van der Waals surface area contributed by atoms with Gasteiger partial charge in [-0.15, -0.1) is 0 Å². The van der Waals surface area contributed by atoms with Crippen LogP contribution in [0.25, 0.3) is 0 Å². The second kappa shape index (κ2) is 7.07. The number of hydrogen-bond acceptors (Lipinski definition) is 2. The summed E-state index contributed by atoms with van der Waals surface area (Å²) < 4.78 is 26.0. The average molecular weight is 332 g/mol. The summed E-state index contributed by atoms with van der Waals surface area (Å²) in [4.78, 5) is 0. The maximum atomic E-state index is 13.0. The van der Waals surface area contributed by atoms with E-state index in [4.69, 9.17) is 23.2 Å². The van der Waals surface area contributed by atoms with Gasteiger partial charge in [0.1, 0.15) is 17.4 Å². The van der Waals surface area contributed by atoms with Crippen LogP contribution in [-0.2, 0) is 13.0 Å². The van der Waals surface area contributed by atoms with E-state index >= 15 is 0 Å². The van der Waals surface area contributed by atoms with Gasteiger partial charge in [-0.3, -0.25) is 0 Å². The number of nitrogens with one attached hydrogen (secondary N) is 1. The lowest BCUT2D eigenvalue weighted by molar-refractivity contribution is 0.465. The number of benzene rings is 2. The molecule has 0 saturated heterocycles. The smallest absolute Gasteiger partial charge is 0.138 e. The predicted molar refractivity (Wildman–Crippen MR) is 79.9 cm³/mol. The number of aromatic hydroxyl groups is 1. The highest BCUT2D eigenvalue weighted by Crippen LogP contribution is 2.30. The third-order valence-corrected chi connectivity index (χ3v) is 3.44. The molecule has 0 saturated carbocycles. The average Bonchev–Trinajstić information content (AvgIpc) is 2.39. The molecule has 112 valence electrons. The molecule has 0 bridgehead atoms. The van der Waals surface area contributed by atoms with Crippen molar-refractivity contribution in [1.29, 1.82) is 0 Å². The minimum Gasteiger partial charge on any atom is -0.506 e. The molecule has 0 aliphatic carbocycles. The van der Waals surface area contributed by atoms with Crippen molar-refractivity contribution in [3.05, 3.63) is 63.1 Å². The van der Waals surface area contributed by atoms with Crippen molar-refractivity contribution < 1.29 is 13.9 Å². The summed E-state index contributed by atoms with van der Waals surface area (Å²) in [5, 5.41) is 13.5. The molecular formula is C15H13Cl2F2NO. The summed E-state index contributed by atoms with van der Waals surface area (Å²) in [5.41, 5.74) is 1.13. The molecule has 6 heteroatoms. The highest BCUT2D eigenvalue weighted by Gasteiger charge is 2.07. The van der Waals surface area contributed by atoms with Crippen molar-refractivity contribution in [1.82, 2.24) is 5.32 Å². The molecule has 2 rings (SSSR count). The number of phenols is 1. The molecule has 2 nitrogen and oxygen atoms in total. The summed E-state index contributed by atoms with van der Waals surface area (Å²) >= 11 is 11.7. The molecule has 2 aromatic rings. The van der Waals surface area contributed by atoms with Gasteiger partial charge in [0.15, 0.2) is 0 Å². The summed E-state index contributed by atoms with van der Waals surface area (Å²) in [6.45, 7) is 0.844. The van der Waals surface area contributed by atoms with E-state index < -0.39 is 11.6 Å². The summed E-state index contributed by atoms with van der Waals surface area (Å²) in [6.07, 6.45) is 0.462. The lowest BCUT2D eigenvalue weighted by Crippen LogP contribution is -2.17. The Labute approximate surface area is 131 Å². The van der Waals surface area contributed by atoms with Gasteiger partial charge in [0.2, 0.25) is 0 Å². The predicted octanol–water partition coefficient (Wildman–Crippen LogP) is 4.31. The maximum Gasteiger partial charge on any atom is 0.138 e. The van der Waals surface area contributed by atoms with Gasteiger partial charge < -0.3 is 10.4 Å². The van der Waals surface area contributed by atoms with Crippen LogP contribution in [0.3, 0.4) is 0 Å². The van der Waals surface area contributed by atoms with E-state index in [1.54, 1.807) is 6.07 Å². The van der Waals surface area contributed by atoms with Crippen LogP contribution in [0, 0.1) is 11.6 Å². The molecular weight excluding hydrogens is 319 g/mol. The summed E-state index contributed by atoms with van der Waals surface area (Å²) in [7, 11) is 0. The van der Waals surface area contributed by atoms with E-state index in [-0.39, 0.29) is 10.8 Å². The topological polar surface area (TPSA) is 32.3 Å². The lowest BCUT2D eigenvalue weighted by Gasteiger charge is -2.09. The van der Waals surface area contributed by atoms with Gasteiger partial charge in [0.25, 0.3) is 0 Å². The van der Waals surface area contributed by atoms with Crippen molar-refractivity contribution in [2.45, 2.75) is 13.0 Å². The molecule has 0 amide bonds. The molecule has 0 fully saturated rings. The SMILES string of the molecule is Oc1c(Cl)cc(Cl)cc1CNCCc1cc(F)cc(F)c1. The third kappa shape index (κ3) is 4.56. The Morgan fingerprint density at radius 2 is 1.67 bits per heavy atom. The molecule has 0 radical (unpaired) electrons. The number of rotatable bonds is 5. The fourth-order valence-corrected chi connectivity index (χ4v) is 2.50. The fourth-order valence-electron chi connectivity index (χ4n) is 1.97. The molecule has 0 aliphatic rings. The zero-order chi connectivity index (χ0) is 15.4. The standard InChI is InChI=1S/C15H13Cl2F2NO/c16-11-5-10(15(21)14(17)6-11)8-20-2-1-9-3-12(18)7-13(19)4-9/h3-7,20-21H,1-2,8H2. The van der Waals surface area contributed by atoms with E-state index in [9.17, 15) is 13.9 Å². The van der Waals surface area contributed by atoms with Gasteiger partial charge >= 0.3 is 0 Å². The number of halogens is 4. The van der Waals surface area contributed by atoms with Crippen molar-refractivity contribution in [2.24, 2.45) is 0 Å². The molecule has 0 heterocycles. The van der Waals surface area contributed by atoms with Gasteiger partial charge in [-0.2, -0.15) is 0 Å². The van der Waals surface area contributed by atoms with Gasteiger partial charge in [0, 0.05) is 23.2 Å². The molecule has 0 aromatic heterocycles. The van der Waals surface area contributed by atoms with Crippen LogP contribution in [0.2, 0.25) is 10.0 Å². The molecule has 0 atom stereocenters. The second-order valence-electron chi connectivity index (χ2n) is 4.60. The first-order valence-electron chi connectivity index (χ1n) is 6.28. The van der Waals surface area contributed by atoms with Crippen molar-refractivity contribution in [3.63, 3.8) is 0 Å². The van der Waals surface area contributed by atoms with E-state index in [2.05, 4.69) is 5.32 Å². The van der Waals surface area contributed by atoms with Gasteiger partial charge in [-0.05, 0) is 42.8 Å². The van der Waals surface area contributed by atoms with Crippen LogP contribution in [0.1, 0.15) is 11.1 Å². The third-order valence-electron chi connectivity index (χ3n) is 2.94. The van der Waals surface area contributed by atoms with Crippen molar-refractivity contribution in [3.8, 4) is 5.75 Å². The Morgan fingerprint density at radius 1 is 1.00 bits per heavy atom. The van der Waals surface area contributed by atoms with Crippen LogP contribution >= 0.6 is 23.2 Å². The highest BCUT2D eigenvalue weighted by molar-refractivity contribution is 6.35. The Morgan fingerprint density at radius 3 is 2.33 bits per heavy atom. The van der Waals surface area contributed by atoms with Gasteiger partial charge in [-0.25, -0.2) is 8.78 Å². The molecule has 0 unspecified atom stereocenters. The first-order valence-corrected chi connectivity index (χ1v) is 7.04. The van der Waals surface area contributed by atoms with Gasteiger partial charge in [-0.1, -0.05) is 23.2 Å². The minimum atomic E-state index is -0.593. The molecule has 0 spiro atoms. The normalized spacial score (nSPS) is 10.9. The largest absolute Gasteiger partial charge is 0.506 e. The Hall–Kier alpha value is -1.36. The first-order chi connectivity index (χ1) is 9.95. The van der Waals surface area contributed by atoms with Gasteiger partial charge in [0.05, 0.1) is 5.02 Å². The number of hydrogen-bond donors (Lipinski definition) is 2. The Balaban J connectivity index is 1.90. The second-order valence-corrected chi connectivity index (χ2v) is 5.44. The fraction of sp³-hybridized carbons (Fsp3) is 0.200. The zero-order valence-electron chi connectivity index (χ0n) is 11.0. The van der Waals surface area contributed by atoms with Crippen LogP contribution in [0.4, 0.5) is 8.78 Å². The minimum absolute atomic E-state index is 0.0228. The first kappa shape index (κ1) is 16.0. The number of phenolic OH excluding ortho intramolecular Hbond substituents is 1. The van der Waals surface area contributed by atoms with Crippen molar-refractivity contribution in [2.75, 3.05) is 6.54 Å². The summed E-state index contributed by atoms with van der Waals surface area (Å²) in [6, 6.07) is 6.48. The lowest BCUT2D eigenvalue weighted by atomic mass is 10.1. The van der Waals surface area contributed by atoms with Crippen LogP contribution < -0.4 is 5.32 Å².